The minimum absolute atomic E-state index is 0.192. The lowest BCUT2D eigenvalue weighted by atomic mass is 9.78. The van der Waals surface area contributed by atoms with Crippen molar-refractivity contribution in [3.63, 3.8) is 0 Å². The molecule has 0 saturated heterocycles. The van der Waals surface area contributed by atoms with Crippen molar-refractivity contribution in [1.29, 1.82) is 0 Å². The molecule has 5 aromatic rings. The van der Waals surface area contributed by atoms with E-state index in [-0.39, 0.29) is 29.0 Å². The molecule has 0 atom stereocenters. The average molecular weight is 745 g/mol. The summed E-state index contributed by atoms with van der Waals surface area (Å²) in [6, 6.07) is 30.1. The van der Waals surface area contributed by atoms with Crippen molar-refractivity contribution in [1.82, 2.24) is 0 Å². The summed E-state index contributed by atoms with van der Waals surface area (Å²) < 4.78 is 6.24. The molecule has 0 fully saturated rings. The van der Waals surface area contributed by atoms with Gasteiger partial charge < -0.3 is 4.74 Å². The molecule has 0 N–H and O–H groups in total. The maximum atomic E-state index is 14.2. The molecule has 284 valence electrons. The smallest absolute Gasteiger partial charge is 0.266 e. The molecule has 0 saturated carbocycles. The van der Waals surface area contributed by atoms with Crippen molar-refractivity contribution in [2.75, 3.05) is 9.80 Å². The number of ether oxygens (including phenoxy) is 1. The third-order valence-corrected chi connectivity index (χ3v) is 11.3. The summed E-state index contributed by atoms with van der Waals surface area (Å²) in [5, 5.41) is 0. The number of anilines is 2. The summed E-state index contributed by atoms with van der Waals surface area (Å²) >= 11 is 0. The zero-order valence-corrected chi connectivity index (χ0v) is 33.3. The van der Waals surface area contributed by atoms with E-state index in [1.54, 1.807) is 18.2 Å². The summed E-state index contributed by atoms with van der Waals surface area (Å²) in [6.07, 6.45) is 5.85. The molecule has 2 heterocycles. The van der Waals surface area contributed by atoms with Gasteiger partial charge in [0.05, 0.1) is 22.5 Å². The number of rotatable bonds is 12. The number of benzene rings is 5. The molecule has 0 spiro atoms. The van der Waals surface area contributed by atoms with Gasteiger partial charge in [-0.1, -0.05) is 108 Å². The Kier molecular flexibility index (Phi) is 10.4. The van der Waals surface area contributed by atoms with E-state index in [1.807, 2.05) is 39.8 Å². The fourth-order valence-corrected chi connectivity index (χ4v) is 8.08. The van der Waals surface area contributed by atoms with Gasteiger partial charge in [0.2, 0.25) is 0 Å². The fourth-order valence-electron chi connectivity index (χ4n) is 8.08. The van der Waals surface area contributed by atoms with Gasteiger partial charge in [-0.05, 0) is 114 Å². The molecule has 0 aliphatic carbocycles. The molecule has 7 heteroatoms. The summed E-state index contributed by atoms with van der Waals surface area (Å²) in [5.74, 6) is -0.211. The average Bonchev–Trinajstić information content (AvgIpc) is 3.66. The van der Waals surface area contributed by atoms with Crippen LogP contribution in [-0.2, 0) is 47.1 Å². The van der Waals surface area contributed by atoms with Crippen LogP contribution >= 0.6 is 0 Å². The molecule has 4 amide bonds. The topological polar surface area (TPSA) is 84.0 Å². The largest absolute Gasteiger partial charge is 0.457 e. The lowest BCUT2D eigenvalue weighted by molar-refractivity contribution is -0.120. The maximum absolute atomic E-state index is 14.2. The van der Waals surface area contributed by atoms with E-state index in [2.05, 4.69) is 81.4 Å². The Morgan fingerprint density at radius 1 is 0.518 bits per heavy atom. The van der Waals surface area contributed by atoms with Crippen molar-refractivity contribution in [3.05, 3.63) is 164 Å². The zero-order chi connectivity index (χ0) is 39.9. The Morgan fingerprint density at radius 2 is 0.946 bits per heavy atom. The summed E-state index contributed by atoms with van der Waals surface area (Å²) in [5.41, 5.74) is 11.3. The highest BCUT2D eigenvalue weighted by Crippen LogP contribution is 2.39. The Bertz CT molecular complexity index is 2350. The van der Waals surface area contributed by atoms with Crippen LogP contribution in [0.2, 0.25) is 0 Å². The maximum Gasteiger partial charge on any atom is 0.266 e. The lowest BCUT2D eigenvalue weighted by Crippen LogP contribution is -2.31. The summed E-state index contributed by atoms with van der Waals surface area (Å²) in [7, 11) is 0. The third kappa shape index (κ3) is 6.87. The highest BCUT2D eigenvalue weighted by molar-refractivity contribution is 6.35. The minimum atomic E-state index is -0.362. The van der Waals surface area contributed by atoms with Crippen LogP contribution in [0.25, 0.3) is 0 Å². The van der Waals surface area contributed by atoms with Crippen LogP contribution in [-0.4, -0.2) is 23.6 Å². The predicted molar refractivity (Wildman–Crippen MR) is 222 cm³/mol. The molecule has 0 unspecified atom stereocenters. The number of carbonyl (C=O) groups is 4. The molecular formula is C49H48N2O5. The van der Waals surface area contributed by atoms with E-state index in [0.29, 0.717) is 66.1 Å². The number of aryl methyl sites for hydroxylation is 5. The van der Waals surface area contributed by atoms with Gasteiger partial charge in [-0.2, -0.15) is 0 Å². The standard InChI is InChI=1S/C49H48N2O5/c1-8-33-25-31(26-34(9-2)45(33)50-43(52)22-23-44(50)53)24-32-27-35(10-3)46(36(11-4)28-32)51-47(54)41-21-20-40(29-42(41)48(51)55)56-39-18-16-38(17-19-39)49(6,7)37-14-12-30(5)13-15-37/h12-23,25-29H,8-11,24H2,1-7H3. The van der Waals surface area contributed by atoms with Crippen molar-refractivity contribution in [3.8, 4) is 11.5 Å². The summed E-state index contributed by atoms with van der Waals surface area (Å²) in [4.78, 5) is 56.0. The molecule has 56 heavy (non-hydrogen) atoms. The minimum Gasteiger partial charge on any atom is -0.457 e. The Hall–Kier alpha value is -6.08. The first-order chi connectivity index (χ1) is 26.9. The van der Waals surface area contributed by atoms with E-state index < -0.39 is 0 Å². The number of carbonyl (C=O) groups excluding carboxylic acids is 4. The van der Waals surface area contributed by atoms with Crippen LogP contribution in [0, 0.1) is 6.92 Å². The van der Waals surface area contributed by atoms with E-state index in [0.717, 1.165) is 38.9 Å². The van der Waals surface area contributed by atoms with Gasteiger partial charge in [0.25, 0.3) is 23.6 Å². The Labute approximate surface area is 329 Å². The van der Waals surface area contributed by atoms with E-state index in [9.17, 15) is 19.2 Å². The summed E-state index contributed by atoms with van der Waals surface area (Å²) in [6.45, 7) is 14.6. The van der Waals surface area contributed by atoms with Crippen molar-refractivity contribution in [2.24, 2.45) is 0 Å². The molecule has 7 nitrogen and oxygen atoms in total. The number of nitrogens with zero attached hydrogens (tertiary/aromatic N) is 2. The van der Waals surface area contributed by atoms with Crippen molar-refractivity contribution in [2.45, 2.75) is 86.0 Å². The SMILES string of the molecule is CCc1cc(Cc2cc(CC)c(N3C(=O)c4ccc(Oc5ccc(C(C)(C)c6ccc(C)cc6)cc5)cc4C3=O)c(CC)c2)cc(CC)c1N1C(=O)C=CC1=O. The van der Waals surface area contributed by atoms with Gasteiger partial charge in [0.1, 0.15) is 11.5 Å². The molecule has 0 aromatic heterocycles. The second kappa shape index (κ2) is 15.2. The molecule has 2 aliphatic heterocycles. The van der Waals surface area contributed by atoms with Gasteiger partial charge >= 0.3 is 0 Å². The molecular weight excluding hydrogens is 697 g/mol. The van der Waals surface area contributed by atoms with Crippen LogP contribution in [0.5, 0.6) is 11.5 Å². The number of amides is 4. The first-order valence-electron chi connectivity index (χ1n) is 19.6. The molecule has 0 radical (unpaired) electrons. The van der Waals surface area contributed by atoms with Gasteiger partial charge in [-0.3, -0.25) is 19.2 Å². The van der Waals surface area contributed by atoms with E-state index >= 15 is 0 Å². The van der Waals surface area contributed by atoms with E-state index in [4.69, 9.17) is 4.74 Å². The quantitative estimate of drug-likeness (QED) is 0.119. The number of fused-ring (bicyclic) bond motifs is 1. The fraction of sp³-hybridized carbons (Fsp3) is 0.265. The van der Waals surface area contributed by atoms with E-state index in [1.165, 1.54) is 33.1 Å². The van der Waals surface area contributed by atoms with Crippen LogP contribution in [0.3, 0.4) is 0 Å². The Morgan fingerprint density at radius 3 is 1.43 bits per heavy atom. The van der Waals surface area contributed by atoms with Gasteiger partial charge in [-0.15, -0.1) is 0 Å². The highest BCUT2D eigenvalue weighted by atomic mass is 16.5. The number of hydrogen-bond acceptors (Lipinski definition) is 5. The Balaban J connectivity index is 1.14. The van der Waals surface area contributed by atoms with Crippen molar-refractivity contribution >= 4 is 35.0 Å². The van der Waals surface area contributed by atoms with Gasteiger partial charge in [0.15, 0.2) is 0 Å². The number of hydrogen-bond donors (Lipinski definition) is 0. The third-order valence-electron chi connectivity index (χ3n) is 11.3. The van der Waals surface area contributed by atoms with Crippen LogP contribution in [0.1, 0.15) is 112 Å². The number of imide groups is 2. The normalized spacial score (nSPS) is 14.0. The first kappa shape index (κ1) is 38.2. The predicted octanol–water partition coefficient (Wildman–Crippen LogP) is 10.2. The monoisotopic (exact) mass is 744 g/mol. The van der Waals surface area contributed by atoms with Crippen LogP contribution in [0.15, 0.2) is 103 Å². The molecule has 7 rings (SSSR count). The molecule has 5 aromatic carbocycles. The zero-order valence-electron chi connectivity index (χ0n) is 33.3. The van der Waals surface area contributed by atoms with Crippen LogP contribution in [0.4, 0.5) is 11.4 Å². The molecule has 2 aliphatic rings. The van der Waals surface area contributed by atoms with Gasteiger partial charge in [0, 0.05) is 17.6 Å². The second-order valence-corrected chi connectivity index (χ2v) is 15.2. The lowest BCUT2D eigenvalue weighted by Gasteiger charge is -2.26. The molecule has 0 bridgehead atoms. The van der Waals surface area contributed by atoms with Gasteiger partial charge in [-0.25, -0.2) is 9.80 Å². The highest BCUT2D eigenvalue weighted by Gasteiger charge is 2.39. The second-order valence-electron chi connectivity index (χ2n) is 15.2. The van der Waals surface area contributed by atoms with Crippen molar-refractivity contribution < 1.29 is 23.9 Å². The first-order valence-corrected chi connectivity index (χ1v) is 19.6. The van der Waals surface area contributed by atoms with Crippen LogP contribution < -0.4 is 14.5 Å².